The van der Waals surface area contributed by atoms with Crippen LogP contribution in [-0.4, -0.2) is 41.4 Å². The molecule has 1 saturated heterocycles. The van der Waals surface area contributed by atoms with Crippen molar-refractivity contribution in [2.75, 3.05) is 19.6 Å². The maximum absolute atomic E-state index is 13.0. The van der Waals surface area contributed by atoms with E-state index in [0.29, 0.717) is 22.8 Å². The number of halogens is 1. The van der Waals surface area contributed by atoms with Gasteiger partial charge >= 0.3 is 0 Å². The van der Waals surface area contributed by atoms with E-state index in [1.54, 1.807) is 12.1 Å². The lowest BCUT2D eigenvalue weighted by Crippen LogP contribution is -2.52. The number of likely N-dealkylation sites (tertiary alicyclic amines) is 1. The molecule has 2 aromatic heterocycles. The summed E-state index contributed by atoms with van der Waals surface area (Å²) in [6, 6.07) is 4.55. The molecule has 1 aliphatic heterocycles. The Balaban J connectivity index is 1.30. The minimum Gasteiger partial charge on any atom is -0.369 e. The molecule has 8 heteroatoms. The van der Waals surface area contributed by atoms with Crippen LogP contribution in [0.3, 0.4) is 0 Å². The first kappa shape index (κ1) is 18.7. The van der Waals surface area contributed by atoms with Crippen LogP contribution in [0.2, 0.25) is 0 Å². The minimum absolute atomic E-state index is 0.0191. The lowest BCUT2D eigenvalue weighted by Gasteiger charge is -2.37. The number of hydrogen-bond acceptors (Lipinski definition) is 6. The Bertz CT molecular complexity index is 767. The average molecular weight is 379 g/mol. The van der Waals surface area contributed by atoms with E-state index in [1.807, 2.05) is 0 Å². The second-order valence-electron chi connectivity index (χ2n) is 6.63. The zero-order valence-electron chi connectivity index (χ0n) is 14.4. The lowest BCUT2D eigenvalue weighted by molar-refractivity contribution is -0.126. The van der Waals surface area contributed by atoms with Crippen LogP contribution in [-0.2, 0) is 4.79 Å². The van der Waals surface area contributed by atoms with Gasteiger partial charge < -0.3 is 15.2 Å². The Morgan fingerprint density at radius 3 is 2.73 bits per heavy atom. The van der Waals surface area contributed by atoms with Gasteiger partial charge in [-0.25, -0.2) is 0 Å². The summed E-state index contributed by atoms with van der Waals surface area (Å²) < 4.78 is 18.2. The lowest BCUT2D eigenvalue weighted by atomic mass is 9.99. The molecule has 26 heavy (non-hydrogen) atoms. The molecular formula is C18H22FN3O3S. The molecule has 0 radical (unpaired) electrons. The van der Waals surface area contributed by atoms with E-state index >= 15 is 0 Å². The Kier molecular flexibility index (Phi) is 6.16. The summed E-state index contributed by atoms with van der Waals surface area (Å²) in [7, 11) is 0. The van der Waals surface area contributed by atoms with Crippen LogP contribution in [0.1, 0.15) is 42.6 Å². The molecule has 6 nitrogen and oxygen atoms in total. The topological polar surface area (TPSA) is 89.4 Å². The van der Waals surface area contributed by atoms with Gasteiger partial charge in [0.25, 0.3) is 0 Å². The fourth-order valence-electron chi connectivity index (χ4n) is 3.00. The summed E-state index contributed by atoms with van der Waals surface area (Å²) in [6.07, 6.45) is 4.30. The summed E-state index contributed by atoms with van der Waals surface area (Å²) in [6.45, 7) is 2.52. The third kappa shape index (κ3) is 4.76. The maximum atomic E-state index is 13.0. The normalized spacial score (nSPS) is 15.1. The van der Waals surface area contributed by atoms with Crippen molar-refractivity contribution in [1.29, 1.82) is 0 Å². The van der Waals surface area contributed by atoms with Gasteiger partial charge in [0.15, 0.2) is 16.7 Å². The molecule has 1 fully saturated rings. The number of ketones is 1. The van der Waals surface area contributed by atoms with Crippen LogP contribution < -0.4 is 5.73 Å². The first-order valence-corrected chi connectivity index (χ1v) is 9.62. The smallest absolute Gasteiger partial charge is 0.223 e. The zero-order valence-corrected chi connectivity index (χ0v) is 15.3. The van der Waals surface area contributed by atoms with Gasteiger partial charge in [0.2, 0.25) is 5.91 Å². The van der Waals surface area contributed by atoms with Crippen molar-refractivity contribution < 1.29 is 18.5 Å². The Morgan fingerprint density at radius 2 is 2.04 bits per heavy atom. The number of hydrogen-bond donors (Lipinski definition) is 1. The molecule has 0 saturated carbocycles. The number of nitrogens with zero attached hydrogens (tertiary/aromatic N) is 2. The van der Waals surface area contributed by atoms with Crippen molar-refractivity contribution in [3.05, 3.63) is 29.0 Å². The van der Waals surface area contributed by atoms with Crippen LogP contribution in [0.25, 0.3) is 10.6 Å². The molecule has 140 valence electrons. The zero-order chi connectivity index (χ0) is 18.5. The molecule has 1 aliphatic rings. The number of Topliss-reactive ketones (excluding diaryl/α,β-unsaturated/α-hetero) is 1. The molecule has 1 amide bonds. The molecular weight excluding hydrogens is 357 g/mol. The highest BCUT2D eigenvalue weighted by molar-refractivity contribution is 7.13. The molecule has 2 aromatic rings. The van der Waals surface area contributed by atoms with E-state index < -0.39 is 0 Å². The van der Waals surface area contributed by atoms with Crippen LogP contribution in [0, 0.1) is 11.0 Å². The highest BCUT2D eigenvalue weighted by atomic mass is 32.1. The highest BCUT2D eigenvalue weighted by Crippen LogP contribution is 2.28. The van der Waals surface area contributed by atoms with Crippen LogP contribution in [0.15, 0.2) is 22.7 Å². The second-order valence-corrected chi connectivity index (χ2v) is 7.66. The number of nitrogens with two attached hydrogens (primary N) is 1. The van der Waals surface area contributed by atoms with E-state index in [0.717, 1.165) is 56.7 Å². The van der Waals surface area contributed by atoms with E-state index in [-0.39, 0.29) is 22.7 Å². The van der Waals surface area contributed by atoms with Gasteiger partial charge in [0.05, 0.1) is 10.8 Å². The van der Waals surface area contributed by atoms with E-state index in [9.17, 15) is 14.0 Å². The molecule has 0 aliphatic carbocycles. The average Bonchev–Trinajstić information content (AvgIpc) is 3.20. The van der Waals surface area contributed by atoms with Crippen molar-refractivity contribution in [3.8, 4) is 10.6 Å². The standard InChI is InChI=1S/C18H22FN3O3S/c19-17-7-6-16(26-17)15-9-13(21-25-15)14(23)5-3-1-2-4-8-22-10-12(11-22)18(20)24/h6-7,9,12H,1-5,8,10-11H2,(H2,20,24). The fourth-order valence-corrected chi connectivity index (χ4v) is 3.68. The number of aromatic nitrogens is 1. The predicted molar refractivity (Wildman–Crippen MR) is 96.3 cm³/mol. The van der Waals surface area contributed by atoms with Gasteiger partial charge in [-0.1, -0.05) is 18.0 Å². The summed E-state index contributed by atoms with van der Waals surface area (Å²) in [5.41, 5.74) is 5.54. The molecule has 2 N–H and O–H groups in total. The van der Waals surface area contributed by atoms with Gasteiger partial charge in [0, 0.05) is 25.6 Å². The number of unbranched alkanes of at least 4 members (excludes halogenated alkanes) is 3. The van der Waals surface area contributed by atoms with Crippen LogP contribution in [0.5, 0.6) is 0 Å². The molecule has 0 aromatic carbocycles. The third-order valence-electron chi connectivity index (χ3n) is 4.60. The fraction of sp³-hybridized carbons (Fsp3) is 0.500. The molecule has 0 spiro atoms. The van der Waals surface area contributed by atoms with Gasteiger partial charge in [-0.3, -0.25) is 9.59 Å². The number of thiophene rings is 1. The first-order valence-electron chi connectivity index (χ1n) is 8.80. The number of primary amides is 1. The minimum atomic E-state index is -0.298. The molecule has 3 heterocycles. The van der Waals surface area contributed by atoms with Crippen molar-refractivity contribution in [2.24, 2.45) is 11.7 Å². The van der Waals surface area contributed by atoms with Gasteiger partial charge in [-0.2, -0.15) is 4.39 Å². The molecule has 0 atom stereocenters. The number of rotatable bonds is 10. The molecule has 3 rings (SSSR count). The van der Waals surface area contributed by atoms with Crippen molar-refractivity contribution in [1.82, 2.24) is 10.1 Å². The SMILES string of the molecule is NC(=O)C1CN(CCCCCCC(=O)c2cc(-c3ccc(F)s3)on2)C1. The van der Waals surface area contributed by atoms with E-state index in [4.69, 9.17) is 10.3 Å². The van der Waals surface area contributed by atoms with Crippen LogP contribution >= 0.6 is 11.3 Å². The van der Waals surface area contributed by atoms with Crippen LogP contribution in [0.4, 0.5) is 4.39 Å². The Morgan fingerprint density at radius 1 is 1.27 bits per heavy atom. The van der Waals surface area contributed by atoms with E-state index in [2.05, 4.69) is 10.1 Å². The monoisotopic (exact) mass is 379 g/mol. The van der Waals surface area contributed by atoms with Crippen molar-refractivity contribution in [3.63, 3.8) is 0 Å². The van der Waals surface area contributed by atoms with Crippen molar-refractivity contribution in [2.45, 2.75) is 32.1 Å². The van der Waals surface area contributed by atoms with Gasteiger partial charge in [-0.05, 0) is 31.5 Å². The Labute approximate surface area is 155 Å². The summed E-state index contributed by atoms with van der Waals surface area (Å²) >= 11 is 0.962. The van der Waals surface area contributed by atoms with Gasteiger partial charge in [-0.15, -0.1) is 11.3 Å². The van der Waals surface area contributed by atoms with Gasteiger partial charge in [0.1, 0.15) is 5.69 Å². The summed E-state index contributed by atoms with van der Waals surface area (Å²) in [4.78, 5) is 25.9. The summed E-state index contributed by atoms with van der Waals surface area (Å²) in [5.74, 6) is 0.181. The predicted octanol–water partition coefficient (Wildman–Crippen LogP) is 3.09. The van der Waals surface area contributed by atoms with E-state index in [1.165, 1.54) is 6.07 Å². The largest absolute Gasteiger partial charge is 0.369 e. The number of amides is 1. The first-order chi connectivity index (χ1) is 12.5. The maximum Gasteiger partial charge on any atom is 0.223 e. The van der Waals surface area contributed by atoms with Crippen molar-refractivity contribution >= 4 is 23.0 Å². The number of carbonyl (C=O) groups excluding carboxylic acids is 2. The summed E-state index contributed by atoms with van der Waals surface area (Å²) in [5, 5.41) is 3.50. The third-order valence-corrected chi connectivity index (χ3v) is 5.49. The molecule has 0 bridgehead atoms. The second kappa shape index (κ2) is 8.55. The molecule has 0 unspecified atom stereocenters. The number of carbonyl (C=O) groups is 2. The quantitative estimate of drug-likeness (QED) is 0.506. The Hall–Kier alpha value is -2.06. The highest BCUT2D eigenvalue weighted by Gasteiger charge is 2.30.